The summed E-state index contributed by atoms with van der Waals surface area (Å²) in [6.07, 6.45) is 3.28. The van der Waals surface area contributed by atoms with Crippen LogP contribution in [-0.4, -0.2) is 29.7 Å². The number of hydrogen-bond acceptors (Lipinski definition) is 2. The van der Waals surface area contributed by atoms with Gasteiger partial charge in [0.25, 0.3) is 0 Å². The maximum absolute atomic E-state index is 11.1. The van der Waals surface area contributed by atoms with Crippen LogP contribution in [0.3, 0.4) is 0 Å². The highest BCUT2D eigenvalue weighted by Crippen LogP contribution is 2.34. The zero-order valence-electron chi connectivity index (χ0n) is 8.25. The average molecular weight is 200 g/mol. The van der Waals surface area contributed by atoms with E-state index in [0.29, 0.717) is 5.92 Å². The lowest BCUT2D eigenvalue weighted by Crippen LogP contribution is -2.39. The summed E-state index contributed by atoms with van der Waals surface area (Å²) in [5.74, 6) is -0.434. The Morgan fingerprint density at radius 2 is 2.21 bits per heavy atom. The van der Waals surface area contributed by atoms with E-state index in [9.17, 15) is 9.59 Å². The number of urea groups is 1. The third-order valence-corrected chi connectivity index (χ3v) is 2.30. The first-order valence-corrected chi connectivity index (χ1v) is 4.89. The van der Waals surface area contributed by atoms with Crippen molar-refractivity contribution in [3.63, 3.8) is 0 Å². The highest BCUT2D eigenvalue weighted by atomic mass is 16.4. The van der Waals surface area contributed by atoms with E-state index in [1.807, 2.05) is 0 Å². The Bertz CT molecular complexity index is 230. The second-order valence-electron chi connectivity index (χ2n) is 3.61. The molecule has 2 unspecified atom stereocenters. The van der Waals surface area contributed by atoms with E-state index in [-0.39, 0.29) is 18.6 Å². The first-order chi connectivity index (χ1) is 6.63. The van der Waals surface area contributed by atoms with Crippen LogP contribution >= 0.6 is 0 Å². The van der Waals surface area contributed by atoms with E-state index in [2.05, 4.69) is 17.6 Å². The molecule has 5 nitrogen and oxygen atoms in total. The zero-order valence-corrected chi connectivity index (χ0v) is 8.25. The third kappa shape index (κ3) is 3.64. The smallest absolute Gasteiger partial charge is 0.323 e. The van der Waals surface area contributed by atoms with Crippen LogP contribution in [0.15, 0.2) is 0 Å². The fraction of sp³-hybridized carbons (Fsp3) is 0.778. The summed E-state index contributed by atoms with van der Waals surface area (Å²) in [5, 5.41) is 13.3. The first-order valence-electron chi connectivity index (χ1n) is 4.89. The summed E-state index contributed by atoms with van der Waals surface area (Å²) in [6.45, 7) is 1.79. The summed E-state index contributed by atoms with van der Waals surface area (Å²) < 4.78 is 0. The molecule has 0 aromatic rings. The molecule has 2 amide bonds. The van der Waals surface area contributed by atoms with Crippen molar-refractivity contribution in [2.45, 2.75) is 32.2 Å². The van der Waals surface area contributed by atoms with Crippen molar-refractivity contribution in [2.75, 3.05) is 6.54 Å². The number of amides is 2. The molecule has 1 fully saturated rings. The second kappa shape index (κ2) is 4.83. The number of hydrogen-bond donors (Lipinski definition) is 3. The van der Waals surface area contributed by atoms with Gasteiger partial charge in [-0.05, 0) is 18.8 Å². The third-order valence-electron chi connectivity index (χ3n) is 2.30. The van der Waals surface area contributed by atoms with Gasteiger partial charge in [-0.1, -0.05) is 13.3 Å². The predicted molar refractivity (Wildman–Crippen MR) is 51.0 cm³/mol. The van der Waals surface area contributed by atoms with Crippen LogP contribution in [0.2, 0.25) is 0 Å². The lowest BCUT2D eigenvalue weighted by atomic mass is 10.2. The van der Waals surface area contributed by atoms with Gasteiger partial charge in [0.05, 0.1) is 0 Å². The maximum atomic E-state index is 11.1. The van der Waals surface area contributed by atoms with E-state index in [0.717, 1.165) is 19.3 Å². The number of rotatable bonds is 5. The largest absolute Gasteiger partial charge is 0.480 e. The summed E-state index contributed by atoms with van der Waals surface area (Å²) in [4.78, 5) is 21.2. The molecule has 3 N–H and O–H groups in total. The molecule has 0 bridgehead atoms. The van der Waals surface area contributed by atoms with Crippen LogP contribution in [0, 0.1) is 5.92 Å². The topological polar surface area (TPSA) is 78.4 Å². The number of carbonyl (C=O) groups is 2. The molecule has 1 aliphatic carbocycles. The maximum Gasteiger partial charge on any atom is 0.323 e. The molecule has 0 saturated heterocycles. The normalized spacial score (nSPS) is 24.1. The van der Waals surface area contributed by atoms with Crippen molar-refractivity contribution in [1.82, 2.24) is 10.6 Å². The molecule has 2 atom stereocenters. The number of aliphatic carboxylic acids is 1. The monoisotopic (exact) mass is 200 g/mol. The van der Waals surface area contributed by atoms with Gasteiger partial charge in [-0.15, -0.1) is 0 Å². The number of nitrogens with one attached hydrogen (secondary N) is 2. The lowest BCUT2D eigenvalue weighted by molar-refractivity contribution is -0.135. The van der Waals surface area contributed by atoms with Gasteiger partial charge in [-0.2, -0.15) is 0 Å². The minimum atomic E-state index is -1.03. The molecule has 0 aliphatic heterocycles. The first kappa shape index (κ1) is 10.8. The molecule has 80 valence electrons. The Kier molecular flexibility index (Phi) is 3.73. The Balaban J connectivity index is 2.07. The van der Waals surface area contributed by atoms with E-state index in [1.165, 1.54) is 0 Å². The molecule has 5 heteroatoms. The number of carboxylic acid groups (broad SMARTS) is 1. The van der Waals surface area contributed by atoms with Crippen LogP contribution in [0.25, 0.3) is 0 Å². The molecular formula is C9H16N2O3. The van der Waals surface area contributed by atoms with E-state index >= 15 is 0 Å². The Morgan fingerprint density at radius 3 is 2.79 bits per heavy atom. The van der Waals surface area contributed by atoms with Gasteiger partial charge in [0.1, 0.15) is 6.54 Å². The van der Waals surface area contributed by atoms with Gasteiger partial charge in [-0.3, -0.25) is 4.79 Å². The lowest BCUT2D eigenvalue weighted by Gasteiger charge is -2.04. The molecule has 14 heavy (non-hydrogen) atoms. The van der Waals surface area contributed by atoms with Gasteiger partial charge < -0.3 is 15.7 Å². The van der Waals surface area contributed by atoms with Crippen molar-refractivity contribution in [3.05, 3.63) is 0 Å². The Hall–Kier alpha value is -1.26. The van der Waals surface area contributed by atoms with Crippen LogP contribution in [0.1, 0.15) is 26.2 Å². The minimum absolute atomic E-state index is 0.253. The number of carboxylic acids is 1. The van der Waals surface area contributed by atoms with Gasteiger partial charge >= 0.3 is 12.0 Å². The second-order valence-corrected chi connectivity index (χ2v) is 3.61. The van der Waals surface area contributed by atoms with E-state index in [4.69, 9.17) is 5.11 Å². The summed E-state index contributed by atoms with van der Waals surface area (Å²) in [6, 6.07) is -0.125. The zero-order chi connectivity index (χ0) is 10.6. The van der Waals surface area contributed by atoms with Crippen LogP contribution in [-0.2, 0) is 4.79 Å². The van der Waals surface area contributed by atoms with E-state index < -0.39 is 5.97 Å². The highest BCUT2D eigenvalue weighted by molar-refractivity contribution is 5.80. The van der Waals surface area contributed by atoms with Gasteiger partial charge in [-0.25, -0.2) is 4.79 Å². The number of carbonyl (C=O) groups excluding carboxylic acids is 1. The van der Waals surface area contributed by atoms with Gasteiger partial charge in [0.2, 0.25) is 0 Å². The SMILES string of the molecule is CCCC1CC1NC(=O)NCC(=O)O. The molecule has 1 saturated carbocycles. The molecule has 0 aromatic heterocycles. The molecular weight excluding hydrogens is 184 g/mol. The van der Waals surface area contributed by atoms with Crippen LogP contribution < -0.4 is 10.6 Å². The van der Waals surface area contributed by atoms with Crippen molar-refractivity contribution < 1.29 is 14.7 Å². The quantitative estimate of drug-likeness (QED) is 0.606. The van der Waals surface area contributed by atoms with E-state index in [1.54, 1.807) is 0 Å². The summed E-state index contributed by atoms with van der Waals surface area (Å²) in [5.41, 5.74) is 0. The fourth-order valence-corrected chi connectivity index (χ4v) is 1.49. The molecule has 0 aromatic carbocycles. The van der Waals surface area contributed by atoms with Crippen molar-refractivity contribution >= 4 is 12.0 Å². The van der Waals surface area contributed by atoms with Crippen molar-refractivity contribution in [2.24, 2.45) is 5.92 Å². The molecule has 1 rings (SSSR count). The average Bonchev–Trinajstić information content (AvgIpc) is 2.81. The van der Waals surface area contributed by atoms with Crippen molar-refractivity contribution in [1.29, 1.82) is 0 Å². The summed E-state index contributed by atoms with van der Waals surface area (Å²) >= 11 is 0. The Labute approximate surface area is 82.9 Å². The Morgan fingerprint density at radius 1 is 1.50 bits per heavy atom. The fourth-order valence-electron chi connectivity index (χ4n) is 1.49. The molecule has 0 radical (unpaired) electrons. The minimum Gasteiger partial charge on any atom is -0.480 e. The standard InChI is InChI=1S/C9H16N2O3/c1-2-3-6-4-7(6)11-9(14)10-5-8(12)13/h6-7H,2-5H2,1H3,(H,12,13)(H2,10,11,14). The highest BCUT2D eigenvalue weighted by Gasteiger charge is 2.37. The van der Waals surface area contributed by atoms with Gasteiger partial charge in [0.15, 0.2) is 0 Å². The van der Waals surface area contributed by atoms with Gasteiger partial charge in [0, 0.05) is 6.04 Å². The van der Waals surface area contributed by atoms with Crippen LogP contribution in [0.5, 0.6) is 0 Å². The summed E-state index contributed by atoms with van der Waals surface area (Å²) in [7, 11) is 0. The molecule has 0 spiro atoms. The van der Waals surface area contributed by atoms with Crippen LogP contribution in [0.4, 0.5) is 4.79 Å². The van der Waals surface area contributed by atoms with Crippen molar-refractivity contribution in [3.8, 4) is 0 Å². The molecule has 0 heterocycles. The molecule has 1 aliphatic rings. The predicted octanol–water partition coefficient (Wildman–Crippen LogP) is 0.559.